The Morgan fingerprint density at radius 1 is 1.60 bits per heavy atom. The highest BCUT2D eigenvalue weighted by Crippen LogP contribution is 2.14. The van der Waals surface area contributed by atoms with Crippen LogP contribution in [0, 0.1) is 5.82 Å². The minimum Gasteiger partial charge on any atom is -0.393 e. The van der Waals surface area contributed by atoms with E-state index in [1.807, 2.05) is 6.92 Å². The van der Waals surface area contributed by atoms with Crippen molar-refractivity contribution in [3.05, 3.63) is 17.3 Å². The second kappa shape index (κ2) is 5.23. The summed E-state index contributed by atoms with van der Waals surface area (Å²) in [6.45, 7) is 3.49. The van der Waals surface area contributed by atoms with Gasteiger partial charge in [0.1, 0.15) is 0 Å². The molecule has 0 saturated heterocycles. The molecule has 0 saturated carbocycles. The van der Waals surface area contributed by atoms with E-state index in [1.165, 1.54) is 0 Å². The van der Waals surface area contributed by atoms with Crippen molar-refractivity contribution >= 4 is 17.4 Å². The monoisotopic (exact) mass is 233 g/mol. The molecule has 0 radical (unpaired) electrons. The second-order valence-electron chi connectivity index (χ2n) is 3.47. The van der Waals surface area contributed by atoms with Crippen molar-refractivity contribution < 1.29 is 9.50 Å². The molecule has 0 spiro atoms. The third-order valence-corrected chi connectivity index (χ3v) is 1.97. The largest absolute Gasteiger partial charge is 0.393 e. The summed E-state index contributed by atoms with van der Waals surface area (Å²) in [6.07, 6.45) is 1.06. The maximum Gasteiger partial charge on any atom is 0.224 e. The van der Waals surface area contributed by atoms with Gasteiger partial charge in [0.2, 0.25) is 5.28 Å². The SMILES string of the molecule is CC(O)CC(C)Nc1nc(Cl)ncc1F. The predicted octanol–water partition coefficient (Wildman–Crippen LogP) is 1.84. The quantitative estimate of drug-likeness (QED) is 0.780. The maximum atomic E-state index is 13.2. The molecular weight excluding hydrogens is 221 g/mol. The van der Waals surface area contributed by atoms with Crippen LogP contribution < -0.4 is 5.32 Å². The number of anilines is 1. The van der Waals surface area contributed by atoms with Crippen LogP contribution in [0.15, 0.2) is 6.20 Å². The summed E-state index contributed by atoms with van der Waals surface area (Å²) >= 11 is 5.53. The number of halogens is 2. The molecule has 1 aromatic rings. The maximum absolute atomic E-state index is 13.2. The number of aliphatic hydroxyl groups excluding tert-OH is 1. The molecule has 0 aromatic carbocycles. The van der Waals surface area contributed by atoms with E-state index in [2.05, 4.69) is 15.3 Å². The van der Waals surface area contributed by atoms with E-state index in [9.17, 15) is 4.39 Å². The van der Waals surface area contributed by atoms with Gasteiger partial charge < -0.3 is 10.4 Å². The zero-order chi connectivity index (χ0) is 11.4. The van der Waals surface area contributed by atoms with Crippen LogP contribution in [-0.2, 0) is 0 Å². The molecule has 4 nitrogen and oxygen atoms in total. The van der Waals surface area contributed by atoms with Crippen molar-refractivity contribution in [3.63, 3.8) is 0 Å². The second-order valence-corrected chi connectivity index (χ2v) is 3.80. The molecule has 1 heterocycles. The average Bonchev–Trinajstić information content (AvgIpc) is 2.10. The first kappa shape index (κ1) is 12.1. The van der Waals surface area contributed by atoms with Gasteiger partial charge in [0, 0.05) is 6.04 Å². The zero-order valence-electron chi connectivity index (χ0n) is 8.54. The van der Waals surface area contributed by atoms with E-state index in [1.54, 1.807) is 6.92 Å². The molecule has 0 amide bonds. The molecule has 2 N–H and O–H groups in total. The lowest BCUT2D eigenvalue weighted by Crippen LogP contribution is -2.22. The van der Waals surface area contributed by atoms with E-state index in [-0.39, 0.29) is 17.1 Å². The lowest BCUT2D eigenvalue weighted by atomic mass is 10.1. The Morgan fingerprint density at radius 3 is 2.87 bits per heavy atom. The first-order chi connectivity index (χ1) is 6.99. The molecule has 0 aliphatic rings. The van der Waals surface area contributed by atoms with Crippen LogP contribution in [0.3, 0.4) is 0 Å². The number of nitrogens with one attached hydrogen (secondary N) is 1. The molecule has 0 bridgehead atoms. The van der Waals surface area contributed by atoms with Crippen LogP contribution >= 0.6 is 11.6 Å². The summed E-state index contributed by atoms with van der Waals surface area (Å²) in [7, 11) is 0. The lowest BCUT2D eigenvalue weighted by molar-refractivity contribution is 0.179. The molecule has 0 aliphatic heterocycles. The molecule has 2 unspecified atom stereocenters. The third kappa shape index (κ3) is 3.97. The minimum atomic E-state index is -0.558. The van der Waals surface area contributed by atoms with Crippen LogP contribution in [0.1, 0.15) is 20.3 Å². The Hall–Kier alpha value is -0.940. The first-order valence-electron chi connectivity index (χ1n) is 4.61. The molecule has 0 fully saturated rings. The van der Waals surface area contributed by atoms with E-state index in [0.717, 1.165) is 6.20 Å². The van der Waals surface area contributed by atoms with Crippen molar-refractivity contribution in [2.24, 2.45) is 0 Å². The van der Waals surface area contributed by atoms with Gasteiger partial charge in [-0.05, 0) is 31.9 Å². The number of rotatable bonds is 4. The van der Waals surface area contributed by atoms with Crippen LogP contribution in [0.5, 0.6) is 0 Å². The fraction of sp³-hybridized carbons (Fsp3) is 0.556. The Balaban J connectivity index is 2.67. The molecule has 1 aromatic heterocycles. The topological polar surface area (TPSA) is 58.0 Å². The number of nitrogens with zero attached hydrogens (tertiary/aromatic N) is 2. The lowest BCUT2D eigenvalue weighted by Gasteiger charge is -2.16. The standard InChI is InChI=1S/C9H13ClFN3O/c1-5(3-6(2)15)13-8-7(11)4-12-9(10)14-8/h4-6,15H,3H2,1-2H3,(H,12,13,14). The van der Waals surface area contributed by atoms with Crippen LogP contribution in [0.25, 0.3) is 0 Å². The van der Waals surface area contributed by atoms with Crippen molar-refractivity contribution in [3.8, 4) is 0 Å². The average molecular weight is 234 g/mol. The number of aromatic nitrogens is 2. The van der Waals surface area contributed by atoms with E-state index in [4.69, 9.17) is 16.7 Å². The fourth-order valence-electron chi connectivity index (χ4n) is 1.25. The minimum absolute atomic E-state index is 0.0110. The highest BCUT2D eigenvalue weighted by molar-refractivity contribution is 6.28. The van der Waals surface area contributed by atoms with Crippen LogP contribution in [0.4, 0.5) is 10.2 Å². The molecular formula is C9H13ClFN3O. The Bertz CT molecular complexity index is 335. The highest BCUT2D eigenvalue weighted by Gasteiger charge is 2.10. The van der Waals surface area contributed by atoms with Gasteiger partial charge in [0.15, 0.2) is 11.6 Å². The Morgan fingerprint density at radius 2 is 2.27 bits per heavy atom. The van der Waals surface area contributed by atoms with Crippen LogP contribution in [0.2, 0.25) is 5.28 Å². The van der Waals surface area contributed by atoms with Crippen molar-refractivity contribution in [2.75, 3.05) is 5.32 Å². The summed E-state index contributed by atoms with van der Waals surface area (Å²) in [5.41, 5.74) is 0. The summed E-state index contributed by atoms with van der Waals surface area (Å²) in [5, 5.41) is 11.9. The zero-order valence-corrected chi connectivity index (χ0v) is 9.29. The predicted molar refractivity (Wildman–Crippen MR) is 56.4 cm³/mol. The molecule has 84 valence electrons. The van der Waals surface area contributed by atoms with Gasteiger partial charge in [-0.15, -0.1) is 0 Å². The van der Waals surface area contributed by atoms with E-state index < -0.39 is 11.9 Å². The van der Waals surface area contributed by atoms with Crippen LogP contribution in [-0.4, -0.2) is 27.2 Å². The number of aliphatic hydroxyl groups is 1. The van der Waals surface area contributed by atoms with Gasteiger partial charge in [0.25, 0.3) is 0 Å². The fourth-order valence-corrected chi connectivity index (χ4v) is 1.38. The van der Waals surface area contributed by atoms with E-state index >= 15 is 0 Å². The van der Waals surface area contributed by atoms with Gasteiger partial charge in [-0.3, -0.25) is 0 Å². The smallest absolute Gasteiger partial charge is 0.224 e. The summed E-state index contributed by atoms with van der Waals surface area (Å²) in [4.78, 5) is 7.20. The Kier molecular flexibility index (Phi) is 4.23. The van der Waals surface area contributed by atoms with Crippen molar-refractivity contribution in [1.82, 2.24) is 9.97 Å². The van der Waals surface area contributed by atoms with Gasteiger partial charge in [-0.25, -0.2) is 9.37 Å². The number of hydrogen-bond acceptors (Lipinski definition) is 4. The third-order valence-electron chi connectivity index (χ3n) is 1.79. The summed E-state index contributed by atoms with van der Waals surface area (Å²) in [5.74, 6) is -0.500. The molecule has 15 heavy (non-hydrogen) atoms. The Labute approximate surface area is 92.5 Å². The highest BCUT2D eigenvalue weighted by atomic mass is 35.5. The molecule has 2 atom stereocenters. The normalized spacial score (nSPS) is 14.7. The first-order valence-corrected chi connectivity index (χ1v) is 4.99. The molecule has 0 aliphatic carbocycles. The number of hydrogen-bond donors (Lipinski definition) is 2. The summed E-state index contributed by atoms with van der Waals surface area (Å²) < 4.78 is 13.2. The van der Waals surface area contributed by atoms with Gasteiger partial charge >= 0.3 is 0 Å². The van der Waals surface area contributed by atoms with Gasteiger partial charge in [0.05, 0.1) is 12.3 Å². The van der Waals surface area contributed by atoms with Gasteiger partial charge in [-0.1, -0.05) is 0 Å². The van der Waals surface area contributed by atoms with Crippen molar-refractivity contribution in [2.45, 2.75) is 32.4 Å². The van der Waals surface area contributed by atoms with Gasteiger partial charge in [-0.2, -0.15) is 4.98 Å². The van der Waals surface area contributed by atoms with Crippen molar-refractivity contribution in [1.29, 1.82) is 0 Å². The molecule has 6 heteroatoms. The van der Waals surface area contributed by atoms with E-state index in [0.29, 0.717) is 6.42 Å². The summed E-state index contributed by atoms with van der Waals surface area (Å²) in [6, 6.07) is -0.0922. The molecule has 1 rings (SSSR count).